The fourth-order valence-electron chi connectivity index (χ4n) is 7.20. The van der Waals surface area contributed by atoms with Gasteiger partial charge in [0.1, 0.15) is 22.3 Å². The zero-order chi connectivity index (χ0) is 32.3. The number of para-hydroxylation sites is 1. The summed E-state index contributed by atoms with van der Waals surface area (Å²) >= 11 is 0. The monoisotopic (exact) mass is 628 g/mol. The van der Waals surface area contributed by atoms with Crippen LogP contribution in [0.5, 0.6) is 0 Å². The molecule has 0 bridgehead atoms. The first-order valence-electron chi connectivity index (χ1n) is 16.4. The van der Waals surface area contributed by atoms with Crippen molar-refractivity contribution in [3.05, 3.63) is 170 Å². The van der Waals surface area contributed by atoms with Gasteiger partial charge in [-0.25, -0.2) is 0 Å². The topological polar surface area (TPSA) is 42.4 Å². The van der Waals surface area contributed by atoms with Crippen molar-refractivity contribution in [1.82, 2.24) is 4.98 Å². The molecule has 4 nitrogen and oxygen atoms in total. The van der Waals surface area contributed by atoms with Crippen molar-refractivity contribution in [3.8, 4) is 22.3 Å². The van der Waals surface area contributed by atoms with Crippen molar-refractivity contribution in [2.24, 2.45) is 0 Å². The lowest BCUT2D eigenvalue weighted by atomic mass is 9.98. The van der Waals surface area contributed by atoms with Gasteiger partial charge in [-0.3, -0.25) is 4.98 Å². The summed E-state index contributed by atoms with van der Waals surface area (Å²) in [7, 11) is 0. The third-order valence-corrected chi connectivity index (χ3v) is 9.53. The first-order valence-corrected chi connectivity index (χ1v) is 16.4. The van der Waals surface area contributed by atoms with Crippen LogP contribution in [0.4, 0.5) is 17.1 Å². The SMILES string of the molecule is c1ccc(-c2ccc(N(c3ccc(-c4cccc5oc6c7cccnc7ccc6c45)cc3)c3ccc4c(c3)oc3ccccc34)cc2)cc1. The van der Waals surface area contributed by atoms with Crippen LogP contribution >= 0.6 is 0 Å². The summed E-state index contributed by atoms with van der Waals surface area (Å²) in [4.78, 5) is 6.83. The van der Waals surface area contributed by atoms with Gasteiger partial charge in [0.2, 0.25) is 0 Å². The fourth-order valence-corrected chi connectivity index (χ4v) is 7.20. The highest BCUT2D eigenvalue weighted by molar-refractivity contribution is 6.18. The van der Waals surface area contributed by atoms with E-state index in [0.29, 0.717) is 0 Å². The van der Waals surface area contributed by atoms with Crippen LogP contribution in [0.3, 0.4) is 0 Å². The molecule has 3 heterocycles. The summed E-state index contributed by atoms with van der Waals surface area (Å²) < 4.78 is 12.8. The normalized spacial score (nSPS) is 11.7. The molecule has 10 aromatic rings. The Labute approximate surface area is 282 Å². The summed E-state index contributed by atoms with van der Waals surface area (Å²) in [5.41, 5.74) is 12.2. The molecule has 3 aromatic heterocycles. The van der Waals surface area contributed by atoms with Crippen LogP contribution in [0, 0.1) is 0 Å². The Bertz CT molecular complexity index is 2810. The van der Waals surface area contributed by atoms with Gasteiger partial charge in [-0.1, -0.05) is 84.9 Å². The molecule has 230 valence electrons. The van der Waals surface area contributed by atoms with Gasteiger partial charge in [0.15, 0.2) is 0 Å². The highest BCUT2D eigenvalue weighted by Gasteiger charge is 2.18. The van der Waals surface area contributed by atoms with E-state index in [1.807, 2.05) is 36.5 Å². The van der Waals surface area contributed by atoms with Gasteiger partial charge >= 0.3 is 0 Å². The number of hydrogen-bond donors (Lipinski definition) is 0. The van der Waals surface area contributed by atoms with Crippen molar-refractivity contribution in [1.29, 1.82) is 0 Å². The van der Waals surface area contributed by atoms with Crippen LogP contribution in [0.1, 0.15) is 0 Å². The molecule has 0 aliphatic heterocycles. The number of furan rings is 2. The predicted octanol–water partition coefficient (Wildman–Crippen LogP) is 12.8. The zero-order valence-corrected chi connectivity index (χ0v) is 26.4. The van der Waals surface area contributed by atoms with Crippen LogP contribution in [0.2, 0.25) is 0 Å². The Morgan fingerprint density at radius 1 is 0.408 bits per heavy atom. The molecule has 0 N–H and O–H groups in total. The molecule has 10 rings (SSSR count). The lowest BCUT2D eigenvalue weighted by Gasteiger charge is -2.26. The average molecular weight is 629 g/mol. The first-order chi connectivity index (χ1) is 24.3. The van der Waals surface area contributed by atoms with E-state index in [2.05, 4.69) is 143 Å². The Morgan fingerprint density at radius 2 is 1.06 bits per heavy atom. The lowest BCUT2D eigenvalue weighted by molar-refractivity contribution is 0.669. The van der Waals surface area contributed by atoms with E-state index in [-0.39, 0.29) is 0 Å². The number of anilines is 3. The molecule has 0 radical (unpaired) electrons. The molecule has 0 aliphatic carbocycles. The molecule has 0 unspecified atom stereocenters. The van der Waals surface area contributed by atoms with E-state index in [1.165, 1.54) is 11.1 Å². The molecule has 4 heteroatoms. The smallest absolute Gasteiger partial charge is 0.144 e. The predicted molar refractivity (Wildman–Crippen MR) is 202 cm³/mol. The van der Waals surface area contributed by atoms with Gasteiger partial charge < -0.3 is 13.7 Å². The average Bonchev–Trinajstić information content (AvgIpc) is 3.74. The van der Waals surface area contributed by atoms with Crippen molar-refractivity contribution < 1.29 is 8.83 Å². The molecular formula is C45H28N2O2. The Balaban J connectivity index is 1.10. The highest BCUT2D eigenvalue weighted by Crippen LogP contribution is 2.42. The van der Waals surface area contributed by atoms with Gasteiger partial charge in [-0.2, -0.15) is 0 Å². The quantitative estimate of drug-likeness (QED) is 0.190. The number of benzene rings is 7. The second-order valence-electron chi connectivity index (χ2n) is 12.4. The van der Waals surface area contributed by atoms with E-state index in [4.69, 9.17) is 8.83 Å². The van der Waals surface area contributed by atoms with E-state index < -0.39 is 0 Å². The molecule has 0 saturated carbocycles. The summed E-state index contributed by atoms with van der Waals surface area (Å²) in [5, 5.41) is 5.46. The number of aromatic nitrogens is 1. The van der Waals surface area contributed by atoms with Crippen molar-refractivity contribution >= 4 is 71.8 Å². The molecule has 0 saturated heterocycles. The summed E-state index contributed by atoms with van der Waals surface area (Å²) in [6.07, 6.45) is 1.82. The van der Waals surface area contributed by atoms with E-state index in [0.717, 1.165) is 83.0 Å². The van der Waals surface area contributed by atoms with Crippen molar-refractivity contribution in [3.63, 3.8) is 0 Å². The number of hydrogen-bond acceptors (Lipinski definition) is 4. The van der Waals surface area contributed by atoms with Crippen LogP contribution in [0.15, 0.2) is 179 Å². The van der Waals surface area contributed by atoms with Crippen LogP contribution < -0.4 is 4.90 Å². The number of pyridine rings is 1. The van der Waals surface area contributed by atoms with E-state index in [1.54, 1.807) is 0 Å². The molecule has 0 fully saturated rings. The Kier molecular flexibility index (Phi) is 6.15. The van der Waals surface area contributed by atoms with Gasteiger partial charge in [0.25, 0.3) is 0 Å². The molecular weight excluding hydrogens is 601 g/mol. The molecule has 0 spiro atoms. The van der Waals surface area contributed by atoms with E-state index in [9.17, 15) is 0 Å². The molecule has 0 atom stereocenters. The van der Waals surface area contributed by atoms with Crippen LogP contribution in [0.25, 0.3) is 77.0 Å². The minimum absolute atomic E-state index is 0.863. The van der Waals surface area contributed by atoms with Crippen LogP contribution in [-0.4, -0.2) is 4.98 Å². The van der Waals surface area contributed by atoms with Crippen molar-refractivity contribution in [2.75, 3.05) is 4.90 Å². The van der Waals surface area contributed by atoms with Crippen molar-refractivity contribution in [2.45, 2.75) is 0 Å². The first kappa shape index (κ1) is 27.5. The maximum Gasteiger partial charge on any atom is 0.144 e. The summed E-state index contributed by atoms with van der Waals surface area (Å²) in [5.74, 6) is 0. The van der Waals surface area contributed by atoms with E-state index >= 15 is 0 Å². The Hall–Kier alpha value is -6.65. The number of nitrogens with zero attached hydrogens (tertiary/aromatic N) is 2. The minimum Gasteiger partial charge on any atom is -0.456 e. The van der Waals surface area contributed by atoms with Gasteiger partial charge in [0, 0.05) is 56.3 Å². The fraction of sp³-hybridized carbons (Fsp3) is 0. The largest absolute Gasteiger partial charge is 0.456 e. The molecule has 0 amide bonds. The number of rotatable bonds is 5. The maximum absolute atomic E-state index is 6.45. The molecule has 49 heavy (non-hydrogen) atoms. The molecule has 0 aliphatic rings. The maximum atomic E-state index is 6.45. The zero-order valence-electron chi connectivity index (χ0n) is 26.4. The van der Waals surface area contributed by atoms with Gasteiger partial charge in [0.05, 0.1) is 5.52 Å². The van der Waals surface area contributed by atoms with Gasteiger partial charge in [-0.05, 0) is 95.1 Å². The lowest BCUT2D eigenvalue weighted by Crippen LogP contribution is -2.09. The third kappa shape index (κ3) is 4.49. The highest BCUT2D eigenvalue weighted by atomic mass is 16.3. The Morgan fingerprint density at radius 3 is 1.90 bits per heavy atom. The standard InChI is InChI=1S/C45H28N2O2/c1-2-8-29(9-3-1)30-15-19-32(20-16-30)47(34-23-24-37-36-10-4-5-13-41(36)48-43(37)28-34)33-21-17-31(18-22-33)35-11-6-14-42-44(35)39-25-26-40-38(45(39)49-42)12-7-27-46-40/h1-28H. The van der Waals surface area contributed by atoms with Gasteiger partial charge in [-0.15, -0.1) is 0 Å². The molecule has 7 aromatic carbocycles. The number of fused-ring (bicyclic) bond motifs is 8. The van der Waals surface area contributed by atoms with Crippen LogP contribution in [-0.2, 0) is 0 Å². The summed E-state index contributed by atoms with van der Waals surface area (Å²) in [6, 6.07) is 57.3. The summed E-state index contributed by atoms with van der Waals surface area (Å²) in [6.45, 7) is 0. The minimum atomic E-state index is 0.863. The third-order valence-electron chi connectivity index (χ3n) is 9.53. The second-order valence-corrected chi connectivity index (χ2v) is 12.4. The second kappa shape index (κ2) is 11.0.